The van der Waals surface area contributed by atoms with Gasteiger partial charge in [-0.3, -0.25) is 0 Å². The van der Waals surface area contributed by atoms with Crippen LogP contribution in [-0.2, 0) is 0 Å². The van der Waals surface area contributed by atoms with Gasteiger partial charge in [-0.15, -0.1) is 0 Å². The van der Waals surface area contributed by atoms with Crippen molar-refractivity contribution >= 4 is 20.0 Å². The lowest BCUT2D eigenvalue weighted by atomic mass is 10.2. The minimum absolute atomic E-state index is 1.19. The third-order valence-corrected chi connectivity index (χ3v) is 4.77. The Balaban J connectivity index is 3.01. The number of benzene rings is 1. The molecule has 0 saturated carbocycles. The number of nitrogens with zero attached hydrogens (tertiary/aromatic N) is 1. The molecule has 0 unspecified atom stereocenters. The summed E-state index contributed by atoms with van der Waals surface area (Å²) in [5, 5.41) is 0. The van der Waals surface area contributed by atoms with Crippen molar-refractivity contribution in [3.05, 3.63) is 36.4 Å². The Hall–Kier alpha value is -1.02. The number of anilines is 1. The van der Waals surface area contributed by atoms with Crippen molar-refractivity contribution in [3.63, 3.8) is 0 Å². The van der Waals surface area contributed by atoms with Gasteiger partial charge >= 0.3 is 0 Å². The molecule has 0 amide bonds. The van der Waals surface area contributed by atoms with E-state index in [-0.39, 0.29) is 0 Å². The summed E-state index contributed by atoms with van der Waals surface area (Å²) in [6.45, 7) is 10.8. The lowest BCUT2D eigenvalue weighted by Crippen LogP contribution is -2.43. The molecule has 1 nitrogen and oxygen atoms in total. The second kappa shape index (κ2) is 4.01. The zero-order valence-corrected chi connectivity index (χ0v) is 10.5. The summed E-state index contributed by atoms with van der Waals surface area (Å²) in [6, 6.07) is 8.51. The molecule has 0 saturated heterocycles. The first-order valence-corrected chi connectivity index (χ1v) is 8.36. The summed E-state index contributed by atoms with van der Waals surface area (Å²) >= 11 is 0. The zero-order chi connectivity index (χ0) is 10.8. The maximum atomic E-state index is 3.79. The zero-order valence-electron chi connectivity index (χ0n) is 9.54. The van der Waals surface area contributed by atoms with Crippen molar-refractivity contribution < 1.29 is 0 Å². The van der Waals surface area contributed by atoms with Crippen molar-refractivity contribution in [2.24, 2.45) is 0 Å². The summed E-state index contributed by atoms with van der Waals surface area (Å²) < 4.78 is 2.40. The molecule has 76 valence electrons. The lowest BCUT2D eigenvalue weighted by molar-refractivity contribution is 1.25. The van der Waals surface area contributed by atoms with Crippen LogP contribution in [0.1, 0.15) is 5.56 Å². The minimum atomic E-state index is -1.24. The van der Waals surface area contributed by atoms with Crippen LogP contribution in [0.4, 0.5) is 5.69 Å². The molecule has 0 fully saturated rings. The van der Waals surface area contributed by atoms with Gasteiger partial charge in [0.15, 0.2) is 0 Å². The molecule has 0 aliphatic carbocycles. The molecule has 2 heteroatoms. The molecule has 1 aromatic carbocycles. The SMILES string of the molecule is C=Cc1cccc(N(C)[Si](C)(C)C)c1. The van der Waals surface area contributed by atoms with Gasteiger partial charge in [0.05, 0.1) is 0 Å². The maximum Gasteiger partial charge on any atom is 0.147 e. The van der Waals surface area contributed by atoms with Crippen LogP contribution in [-0.4, -0.2) is 15.3 Å². The molecule has 14 heavy (non-hydrogen) atoms. The summed E-state index contributed by atoms with van der Waals surface area (Å²) in [6.07, 6.45) is 1.89. The van der Waals surface area contributed by atoms with E-state index in [9.17, 15) is 0 Å². The Morgan fingerprint density at radius 1 is 1.29 bits per heavy atom. The van der Waals surface area contributed by atoms with Crippen molar-refractivity contribution in [2.75, 3.05) is 11.6 Å². The molecule has 0 N–H and O–H groups in total. The molecule has 0 aliphatic heterocycles. The second-order valence-corrected chi connectivity index (χ2v) is 9.54. The average molecular weight is 205 g/mol. The van der Waals surface area contributed by atoms with Crippen LogP contribution in [0.3, 0.4) is 0 Å². The predicted molar refractivity (Wildman–Crippen MR) is 68.3 cm³/mol. The van der Waals surface area contributed by atoms with Gasteiger partial charge in [0, 0.05) is 5.69 Å². The molecule has 0 aliphatic rings. The number of hydrogen-bond acceptors (Lipinski definition) is 1. The van der Waals surface area contributed by atoms with E-state index in [1.807, 2.05) is 6.08 Å². The Morgan fingerprint density at radius 2 is 1.93 bits per heavy atom. The maximum absolute atomic E-state index is 3.79. The highest BCUT2D eigenvalue weighted by atomic mass is 28.3. The first-order chi connectivity index (χ1) is 6.45. The van der Waals surface area contributed by atoms with Gasteiger partial charge in [0.25, 0.3) is 0 Å². The van der Waals surface area contributed by atoms with E-state index in [0.717, 1.165) is 0 Å². The Labute approximate surface area is 88.2 Å². The van der Waals surface area contributed by atoms with Gasteiger partial charge in [0.2, 0.25) is 0 Å². The third kappa shape index (κ3) is 2.48. The lowest BCUT2D eigenvalue weighted by Gasteiger charge is -2.32. The smallest absolute Gasteiger partial charge is 0.147 e. The molecule has 0 bridgehead atoms. The van der Waals surface area contributed by atoms with Crippen LogP contribution in [0.25, 0.3) is 6.08 Å². The van der Waals surface area contributed by atoms with E-state index < -0.39 is 8.24 Å². The topological polar surface area (TPSA) is 3.24 Å². The molecule has 0 radical (unpaired) electrons. The van der Waals surface area contributed by atoms with Crippen LogP contribution in [0.2, 0.25) is 19.6 Å². The first-order valence-electron chi connectivity index (χ1n) is 4.91. The monoisotopic (exact) mass is 205 g/mol. The second-order valence-electron chi connectivity index (χ2n) is 4.53. The average Bonchev–Trinajstić information content (AvgIpc) is 2.15. The van der Waals surface area contributed by atoms with Crippen LogP contribution in [0.5, 0.6) is 0 Å². The molecule has 1 rings (SSSR count). The highest BCUT2D eigenvalue weighted by Gasteiger charge is 2.20. The van der Waals surface area contributed by atoms with E-state index in [2.05, 4.69) is 62.1 Å². The molecule has 0 aromatic heterocycles. The molecular formula is C12H19NSi. The molecule has 0 spiro atoms. The van der Waals surface area contributed by atoms with Gasteiger partial charge in [-0.25, -0.2) is 0 Å². The van der Waals surface area contributed by atoms with Crippen LogP contribution < -0.4 is 4.57 Å². The van der Waals surface area contributed by atoms with E-state index in [0.29, 0.717) is 0 Å². The quantitative estimate of drug-likeness (QED) is 0.682. The fraction of sp³-hybridized carbons (Fsp3) is 0.333. The number of hydrogen-bond donors (Lipinski definition) is 0. The van der Waals surface area contributed by atoms with Crippen molar-refractivity contribution in [3.8, 4) is 0 Å². The predicted octanol–water partition coefficient (Wildman–Crippen LogP) is 3.60. The highest BCUT2D eigenvalue weighted by molar-refractivity contribution is 6.79. The van der Waals surface area contributed by atoms with Gasteiger partial charge in [-0.05, 0) is 24.7 Å². The fourth-order valence-electron chi connectivity index (χ4n) is 1.25. The molecule has 0 atom stereocenters. The summed E-state index contributed by atoms with van der Waals surface area (Å²) in [7, 11) is 0.937. The first kappa shape index (κ1) is 11.1. The number of rotatable bonds is 3. The largest absolute Gasteiger partial charge is 0.401 e. The van der Waals surface area contributed by atoms with Gasteiger partial charge in [0.1, 0.15) is 8.24 Å². The minimum Gasteiger partial charge on any atom is -0.401 e. The van der Waals surface area contributed by atoms with Crippen LogP contribution >= 0.6 is 0 Å². The summed E-state index contributed by atoms with van der Waals surface area (Å²) in [4.78, 5) is 0. The standard InChI is InChI=1S/C12H19NSi/c1-6-11-8-7-9-12(10-11)13(2)14(3,4)5/h6-10H,1H2,2-5H3. The third-order valence-electron chi connectivity index (χ3n) is 2.50. The van der Waals surface area contributed by atoms with E-state index in [1.165, 1.54) is 11.3 Å². The van der Waals surface area contributed by atoms with Gasteiger partial charge in [-0.2, -0.15) is 0 Å². The summed E-state index contributed by atoms with van der Waals surface area (Å²) in [5.41, 5.74) is 2.48. The van der Waals surface area contributed by atoms with Crippen molar-refractivity contribution in [1.82, 2.24) is 0 Å². The van der Waals surface area contributed by atoms with E-state index in [4.69, 9.17) is 0 Å². The van der Waals surface area contributed by atoms with E-state index in [1.54, 1.807) is 0 Å². The Bertz CT molecular complexity index is 325. The van der Waals surface area contributed by atoms with Crippen LogP contribution in [0, 0.1) is 0 Å². The fourth-order valence-corrected chi connectivity index (χ4v) is 2.16. The molecule has 1 aromatic rings. The Morgan fingerprint density at radius 3 is 2.43 bits per heavy atom. The molecule has 0 heterocycles. The van der Waals surface area contributed by atoms with Crippen LogP contribution in [0.15, 0.2) is 30.8 Å². The van der Waals surface area contributed by atoms with Gasteiger partial charge in [-0.1, -0.05) is 44.4 Å². The highest BCUT2D eigenvalue weighted by Crippen LogP contribution is 2.20. The summed E-state index contributed by atoms with van der Waals surface area (Å²) in [5.74, 6) is 0. The Kier molecular flexibility index (Phi) is 3.16. The normalized spacial score (nSPS) is 11.1. The molecular weight excluding hydrogens is 186 g/mol. The van der Waals surface area contributed by atoms with Crippen molar-refractivity contribution in [1.29, 1.82) is 0 Å². The van der Waals surface area contributed by atoms with E-state index >= 15 is 0 Å². The van der Waals surface area contributed by atoms with Crippen molar-refractivity contribution in [2.45, 2.75) is 19.6 Å². The van der Waals surface area contributed by atoms with Gasteiger partial charge < -0.3 is 4.57 Å².